The molecule has 0 N–H and O–H groups in total. The highest BCUT2D eigenvalue weighted by atomic mass is 35.5. The van der Waals surface area contributed by atoms with Gasteiger partial charge >= 0.3 is 0 Å². The van der Waals surface area contributed by atoms with E-state index < -0.39 is 11.8 Å². The molecule has 6 nitrogen and oxygen atoms in total. The zero-order valence-corrected chi connectivity index (χ0v) is 19.0. The lowest BCUT2D eigenvalue weighted by Gasteiger charge is -2.36. The third-order valence-corrected chi connectivity index (χ3v) is 6.72. The van der Waals surface area contributed by atoms with E-state index in [1.807, 2.05) is 18.2 Å². The maximum atomic E-state index is 13.1. The van der Waals surface area contributed by atoms with Gasteiger partial charge in [-0.05, 0) is 48.5 Å². The van der Waals surface area contributed by atoms with Crippen LogP contribution in [0.2, 0.25) is 10.0 Å². The van der Waals surface area contributed by atoms with Gasteiger partial charge in [-0.1, -0.05) is 41.4 Å². The Kier molecular flexibility index (Phi) is 5.56. The molecule has 0 atom stereocenters. The van der Waals surface area contributed by atoms with Crippen LogP contribution in [0.5, 0.6) is 0 Å². The van der Waals surface area contributed by atoms with Gasteiger partial charge in [0.25, 0.3) is 17.7 Å². The molecule has 3 aromatic carbocycles. The summed E-state index contributed by atoms with van der Waals surface area (Å²) in [4.78, 5) is 44.1. The first kappa shape index (κ1) is 21.5. The number of hydrogen-bond acceptors (Lipinski definition) is 4. The Labute approximate surface area is 200 Å². The highest BCUT2D eigenvalue weighted by Gasteiger charge is 2.37. The van der Waals surface area contributed by atoms with Crippen molar-refractivity contribution in [2.75, 3.05) is 36.0 Å². The van der Waals surface area contributed by atoms with Gasteiger partial charge in [-0.25, -0.2) is 4.90 Å². The fraction of sp³-hybridized carbons (Fsp3) is 0.160. The van der Waals surface area contributed by atoms with Crippen LogP contribution in [-0.2, 0) is 0 Å². The average molecular weight is 480 g/mol. The number of piperazine rings is 1. The Morgan fingerprint density at radius 3 is 2.09 bits per heavy atom. The van der Waals surface area contributed by atoms with Gasteiger partial charge in [0.2, 0.25) is 0 Å². The summed E-state index contributed by atoms with van der Waals surface area (Å²) in [6.07, 6.45) is 0. The second kappa shape index (κ2) is 8.54. The molecule has 0 aromatic heterocycles. The van der Waals surface area contributed by atoms with E-state index >= 15 is 0 Å². The summed E-state index contributed by atoms with van der Waals surface area (Å²) in [7, 11) is 0. The number of amides is 3. The van der Waals surface area contributed by atoms with E-state index in [4.69, 9.17) is 23.2 Å². The molecule has 1 saturated heterocycles. The number of nitrogens with zero attached hydrogens (tertiary/aromatic N) is 3. The normalized spacial score (nSPS) is 15.8. The summed E-state index contributed by atoms with van der Waals surface area (Å²) in [5.74, 6) is -1.10. The quantitative estimate of drug-likeness (QED) is 0.508. The van der Waals surface area contributed by atoms with E-state index in [9.17, 15) is 14.4 Å². The molecule has 0 bridgehead atoms. The van der Waals surface area contributed by atoms with Crippen molar-refractivity contribution in [3.8, 4) is 0 Å². The monoisotopic (exact) mass is 479 g/mol. The first-order valence-electron chi connectivity index (χ1n) is 10.5. The van der Waals surface area contributed by atoms with Gasteiger partial charge in [0.1, 0.15) is 0 Å². The van der Waals surface area contributed by atoms with Crippen molar-refractivity contribution < 1.29 is 14.4 Å². The molecule has 0 spiro atoms. The molecule has 5 rings (SSSR count). The van der Waals surface area contributed by atoms with Crippen LogP contribution in [-0.4, -0.2) is 48.8 Å². The molecule has 0 radical (unpaired) electrons. The Bertz CT molecular complexity index is 1270. The molecule has 2 aliphatic rings. The minimum absolute atomic E-state index is 0.154. The fourth-order valence-electron chi connectivity index (χ4n) is 4.22. The lowest BCUT2D eigenvalue weighted by atomic mass is 10.0. The molecule has 2 aliphatic heterocycles. The van der Waals surface area contributed by atoms with Crippen molar-refractivity contribution in [3.05, 3.63) is 93.5 Å². The first-order valence-corrected chi connectivity index (χ1v) is 11.3. The molecule has 0 unspecified atom stereocenters. The molecule has 0 saturated carbocycles. The van der Waals surface area contributed by atoms with E-state index in [-0.39, 0.29) is 22.1 Å². The molecule has 3 amide bonds. The maximum Gasteiger partial charge on any atom is 0.266 e. The number of para-hydroxylation sites is 1. The maximum absolute atomic E-state index is 13.1. The zero-order valence-electron chi connectivity index (χ0n) is 17.5. The molecule has 8 heteroatoms. The predicted molar refractivity (Wildman–Crippen MR) is 129 cm³/mol. The summed E-state index contributed by atoms with van der Waals surface area (Å²) in [5, 5.41) is 0.577. The van der Waals surface area contributed by atoms with Gasteiger partial charge < -0.3 is 9.80 Å². The third-order valence-electron chi connectivity index (χ3n) is 5.98. The Morgan fingerprint density at radius 2 is 1.39 bits per heavy atom. The van der Waals surface area contributed by atoms with Crippen LogP contribution in [0.3, 0.4) is 0 Å². The van der Waals surface area contributed by atoms with Crippen LogP contribution >= 0.6 is 23.2 Å². The minimum atomic E-state index is -0.489. The van der Waals surface area contributed by atoms with Crippen LogP contribution in [0.1, 0.15) is 31.1 Å². The lowest BCUT2D eigenvalue weighted by molar-refractivity contribution is 0.0746. The minimum Gasteiger partial charge on any atom is -0.368 e. The fourth-order valence-corrected chi connectivity index (χ4v) is 4.51. The van der Waals surface area contributed by atoms with Gasteiger partial charge in [-0.15, -0.1) is 0 Å². The van der Waals surface area contributed by atoms with Crippen LogP contribution in [0.25, 0.3) is 0 Å². The predicted octanol–water partition coefficient (Wildman–Crippen LogP) is 4.76. The third kappa shape index (κ3) is 3.86. The number of carbonyl (C=O) groups is 3. The second-order valence-electron chi connectivity index (χ2n) is 7.92. The Balaban J connectivity index is 1.34. The topological polar surface area (TPSA) is 60.9 Å². The molecule has 2 heterocycles. The summed E-state index contributed by atoms with van der Waals surface area (Å²) >= 11 is 12.0. The van der Waals surface area contributed by atoms with Crippen molar-refractivity contribution in [1.82, 2.24) is 4.90 Å². The first-order chi connectivity index (χ1) is 15.9. The largest absolute Gasteiger partial charge is 0.368 e. The van der Waals surface area contributed by atoms with E-state index in [0.29, 0.717) is 29.4 Å². The highest BCUT2D eigenvalue weighted by molar-refractivity contribution is 6.42. The number of halogens is 2. The Morgan fingerprint density at radius 1 is 0.697 bits per heavy atom. The summed E-state index contributed by atoms with van der Waals surface area (Å²) in [5.41, 5.74) is 2.32. The smallest absolute Gasteiger partial charge is 0.266 e. The van der Waals surface area contributed by atoms with Crippen molar-refractivity contribution in [2.24, 2.45) is 0 Å². The van der Waals surface area contributed by atoms with Gasteiger partial charge in [-0.2, -0.15) is 0 Å². The molecule has 0 aliphatic carbocycles. The van der Waals surface area contributed by atoms with Crippen molar-refractivity contribution in [2.45, 2.75) is 0 Å². The lowest BCUT2D eigenvalue weighted by Crippen LogP contribution is -2.48. The highest BCUT2D eigenvalue weighted by Crippen LogP contribution is 2.33. The number of fused-ring (bicyclic) bond motifs is 1. The number of imide groups is 1. The number of rotatable bonds is 3. The molecule has 33 heavy (non-hydrogen) atoms. The summed E-state index contributed by atoms with van der Waals surface area (Å²) in [6.45, 7) is 2.60. The molecule has 1 fully saturated rings. The molecule has 3 aromatic rings. The number of hydrogen-bond donors (Lipinski definition) is 0. The summed E-state index contributed by atoms with van der Waals surface area (Å²) < 4.78 is 0. The van der Waals surface area contributed by atoms with Crippen molar-refractivity contribution in [1.29, 1.82) is 0 Å². The van der Waals surface area contributed by atoms with Gasteiger partial charge in [-0.3, -0.25) is 14.4 Å². The molecular formula is C25H19Cl2N3O3. The van der Waals surface area contributed by atoms with Gasteiger partial charge in [0, 0.05) is 37.4 Å². The zero-order chi connectivity index (χ0) is 23.1. The van der Waals surface area contributed by atoms with E-state index in [2.05, 4.69) is 17.0 Å². The van der Waals surface area contributed by atoms with Gasteiger partial charge in [0.05, 0.1) is 26.9 Å². The van der Waals surface area contributed by atoms with Gasteiger partial charge in [0.15, 0.2) is 0 Å². The molecular weight excluding hydrogens is 461 g/mol. The number of anilines is 2. The molecule has 166 valence electrons. The SMILES string of the molecule is O=C(c1ccc2c(c1)C(=O)N(c1ccc(Cl)c(Cl)c1)C2=O)N1CCN(c2ccccc2)CC1. The Hall–Kier alpha value is -3.35. The average Bonchev–Trinajstić information content (AvgIpc) is 3.10. The van der Waals surface area contributed by atoms with E-state index in [1.54, 1.807) is 23.1 Å². The van der Waals surface area contributed by atoms with Crippen molar-refractivity contribution >= 4 is 52.3 Å². The summed E-state index contributed by atoms with van der Waals surface area (Å²) in [6, 6.07) is 19.3. The van der Waals surface area contributed by atoms with E-state index in [1.165, 1.54) is 18.2 Å². The standard InChI is InChI=1S/C25H19Cl2N3O3/c26-21-9-7-18(15-22(21)27)30-24(32)19-8-6-16(14-20(19)25(30)33)23(31)29-12-10-28(11-13-29)17-4-2-1-3-5-17/h1-9,14-15H,10-13H2. The second-order valence-corrected chi connectivity index (χ2v) is 8.73. The van der Waals surface area contributed by atoms with Crippen LogP contribution in [0.15, 0.2) is 66.7 Å². The van der Waals surface area contributed by atoms with Crippen LogP contribution in [0.4, 0.5) is 11.4 Å². The number of carbonyl (C=O) groups excluding carboxylic acids is 3. The van der Waals surface area contributed by atoms with E-state index in [0.717, 1.165) is 23.7 Å². The number of benzene rings is 3. The van der Waals surface area contributed by atoms with Crippen LogP contribution in [0, 0.1) is 0 Å². The van der Waals surface area contributed by atoms with Crippen LogP contribution < -0.4 is 9.80 Å². The van der Waals surface area contributed by atoms with Crippen molar-refractivity contribution in [3.63, 3.8) is 0 Å².